The van der Waals surface area contributed by atoms with Gasteiger partial charge in [-0.1, -0.05) is 27.7 Å². The first kappa shape index (κ1) is 13.8. The fraction of sp³-hybridized carbons (Fsp3) is 0.533. The molecule has 0 bridgehead atoms. The van der Waals surface area contributed by atoms with E-state index in [1.54, 1.807) is 7.11 Å². The van der Waals surface area contributed by atoms with Gasteiger partial charge < -0.3 is 4.74 Å². The van der Waals surface area contributed by atoms with Crippen LogP contribution in [0, 0.1) is 12.8 Å². The molecule has 0 radical (unpaired) electrons. The highest BCUT2D eigenvalue weighted by molar-refractivity contribution is 5.80. The van der Waals surface area contributed by atoms with Gasteiger partial charge in [-0.2, -0.15) is 0 Å². The molecule has 0 atom stereocenters. The Hall–Kier alpha value is -1.31. The van der Waals surface area contributed by atoms with Gasteiger partial charge in [-0.3, -0.25) is 4.79 Å². The number of ether oxygens (including phenoxy) is 1. The summed E-state index contributed by atoms with van der Waals surface area (Å²) in [6, 6.07) is 3.91. The van der Waals surface area contributed by atoms with Gasteiger partial charge in [0.2, 0.25) is 0 Å². The van der Waals surface area contributed by atoms with E-state index in [4.69, 9.17) is 4.74 Å². The topological polar surface area (TPSA) is 26.3 Å². The fourth-order valence-electron chi connectivity index (χ4n) is 1.97. The van der Waals surface area contributed by atoms with Gasteiger partial charge in [0.1, 0.15) is 5.75 Å². The number of benzene rings is 1. The number of aryl methyl sites for hydroxylation is 1. The van der Waals surface area contributed by atoms with E-state index < -0.39 is 0 Å². The number of carbonyl (C=O) groups excluding carboxylic acids is 1. The minimum absolute atomic E-state index is 0.0497. The summed E-state index contributed by atoms with van der Waals surface area (Å²) >= 11 is 0. The molecular formula is C15H22O2. The van der Waals surface area contributed by atoms with Crippen molar-refractivity contribution in [2.75, 3.05) is 7.11 Å². The predicted octanol–water partition coefficient (Wildman–Crippen LogP) is 3.75. The average Bonchev–Trinajstić information content (AvgIpc) is 2.27. The molecule has 1 aromatic carbocycles. The van der Waals surface area contributed by atoms with Crippen LogP contribution in [0.2, 0.25) is 0 Å². The number of aldehydes is 1. The molecule has 1 aromatic rings. The van der Waals surface area contributed by atoms with Gasteiger partial charge in [0.25, 0.3) is 0 Å². The van der Waals surface area contributed by atoms with E-state index in [0.29, 0.717) is 17.2 Å². The highest BCUT2D eigenvalue weighted by atomic mass is 16.5. The van der Waals surface area contributed by atoms with Gasteiger partial charge >= 0.3 is 0 Å². The lowest BCUT2D eigenvalue weighted by atomic mass is 9.73. The lowest BCUT2D eigenvalue weighted by molar-refractivity contribution is 0.112. The van der Waals surface area contributed by atoms with E-state index in [2.05, 4.69) is 34.6 Å². The molecule has 0 N–H and O–H groups in total. The average molecular weight is 234 g/mol. The molecule has 2 heteroatoms. The molecule has 0 aromatic heterocycles. The number of hydrogen-bond donors (Lipinski definition) is 0. The molecule has 0 amide bonds. The van der Waals surface area contributed by atoms with Crippen LogP contribution in [-0.4, -0.2) is 13.4 Å². The maximum absolute atomic E-state index is 11.1. The first-order chi connectivity index (χ1) is 7.84. The Kier molecular flexibility index (Phi) is 3.97. The smallest absolute Gasteiger partial charge is 0.153 e. The van der Waals surface area contributed by atoms with Crippen LogP contribution in [0.15, 0.2) is 12.1 Å². The van der Waals surface area contributed by atoms with Gasteiger partial charge in [-0.05, 0) is 41.5 Å². The Morgan fingerprint density at radius 2 is 1.88 bits per heavy atom. The second kappa shape index (κ2) is 4.91. The van der Waals surface area contributed by atoms with E-state index >= 15 is 0 Å². The number of carbonyl (C=O) groups is 1. The summed E-state index contributed by atoms with van der Waals surface area (Å²) in [7, 11) is 1.59. The molecule has 0 fully saturated rings. The Morgan fingerprint density at radius 3 is 2.29 bits per heavy atom. The third-order valence-electron chi connectivity index (χ3n) is 3.84. The van der Waals surface area contributed by atoms with Gasteiger partial charge in [-0.25, -0.2) is 0 Å². The van der Waals surface area contributed by atoms with Crippen molar-refractivity contribution in [3.8, 4) is 5.75 Å². The van der Waals surface area contributed by atoms with Crippen molar-refractivity contribution in [3.63, 3.8) is 0 Å². The van der Waals surface area contributed by atoms with Crippen molar-refractivity contribution in [3.05, 3.63) is 28.8 Å². The first-order valence-electron chi connectivity index (χ1n) is 5.98. The zero-order valence-electron chi connectivity index (χ0n) is 11.6. The molecule has 2 nitrogen and oxygen atoms in total. The molecule has 0 saturated heterocycles. The molecule has 0 unspecified atom stereocenters. The molecule has 17 heavy (non-hydrogen) atoms. The summed E-state index contributed by atoms with van der Waals surface area (Å²) < 4.78 is 5.21. The molecular weight excluding hydrogens is 212 g/mol. The van der Waals surface area contributed by atoms with Crippen LogP contribution in [-0.2, 0) is 5.41 Å². The molecule has 1 rings (SSSR count). The van der Waals surface area contributed by atoms with Crippen LogP contribution in [0.25, 0.3) is 0 Å². The van der Waals surface area contributed by atoms with Crippen LogP contribution in [0.5, 0.6) is 5.75 Å². The summed E-state index contributed by atoms with van der Waals surface area (Å²) in [6.07, 6.45) is 0.859. The highest BCUT2D eigenvalue weighted by Gasteiger charge is 2.27. The molecule has 0 aliphatic carbocycles. The van der Waals surface area contributed by atoms with Gasteiger partial charge in [0.15, 0.2) is 6.29 Å². The second-order valence-electron chi connectivity index (χ2n) is 5.40. The van der Waals surface area contributed by atoms with E-state index in [-0.39, 0.29) is 5.41 Å². The molecule has 0 saturated carbocycles. The quantitative estimate of drug-likeness (QED) is 0.742. The van der Waals surface area contributed by atoms with Crippen molar-refractivity contribution < 1.29 is 9.53 Å². The standard InChI is InChI=1S/C15H22O2/c1-10(2)15(4,5)13-8-12(9-16)14(17-6)7-11(13)3/h7-10H,1-6H3. The summed E-state index contributed by atoms with van der Waals surface area (Å²) in [4.78, 5) is 11.1. The zero-order chi connectivity index (χ0) is 13.2. The zero-order valence-corrected chi connectivity index (χ0v) is 11.6. The van der Waals surface area contributed by atoms with E-state index in [1.807, 2.05) is 12.1 Å². The molecule has 0 heterocycles. The van der Waals surface area contributed by atoms with Crippen LogP contribution in [0.1, 0.15) is 49.2 Å². The van der Waals surface area contributed by atoms with Crippen molar-refractivity contribution in [1.82, 2.24) is 0 Å². The predicted molar refractivity (Wildman–Crippen MR) is 71.0 cm³/mol. The highest BCUT2D eigenvalue weighted by Crippen LogP contribution is 2.36. The summed E-state index contributed by atoms with van der Waals surface area (Å²) in [5.74, 6) is 1.16. The maximum atomic E-state index is 11.1. The van der Waals surface area contributed by atoms with E-state index in [9.17, 15) is 4.79 Å². The largest absolute Gasteiger partial charge is 0.496 e. The minimum Gasteiger partial charge on any atom is -0.496 e. The SMILES string of the molecule is COc1cc(C)c(C(C)(C)C(C)C)cc1C=O. The third kappa shape index (κ3) is 2.51. The van der Waals surface area contributed by atoms with Crippen LogP contribution in [0.3, 0.4) is 0 Å². The Labute approximate surface area is 104 Å². The second-order valence-corrected chi connectivity index (χ2v) is 5.40. The monoisotopic (exact) mass is 234 g/mol. The van der Waals surface area contributed by atoms with E-state index in [1.165, 1.54) is 11.1 Å². The maximum Gasteiger partial charge on any atom is 0.153 e. The van der Waals surface area contributed by atoms with Crippen LogP contribution >= 0.6 is 0 Å². The Bertz CT molecular complexity index is 417. The lowest BCUT2D eigenvalue weighted by Crippen LogP contribution is -2.25. The number of hydrogen-bond acceptors (Lipinski definition) is 2. The van der Waals surface area contributed by atoms with Gasteiger partial charge in [-0.15, -0.1) is 0 Å². The first-order valence-corrected chi connectivity index (χ1v) is 5.98. The minimum atomic E-state index is 0.0497. The molecule has 0 spiro atoms. The lowest BCUT2D eigenvalue weighted by Gasteiger charge is -2.32. The molecule has 0 aliphatic rings. The number of rotatable bonds is 4. The third-order valence-corrected chi connectivity index (χ3v) is 3.84. The summed E-state index contributed by atoms with van der Waals surface area (Å²) in [5.41, 5.74) is 3.07. The van der Waals surface area contributed by atoms with Crippen LogP contribution in [0.4, 0.5) is 0 Å². The summed E-state index contributed by atoms with van der Waals surface area (Å²) in [6.45, 7) is 10.9. The van der Waals surface area contributed by atoms with Crippen molar-refractivity contribution in [2.45, 2.75) is 40.0 Å². The fourth-order valence-corrected chi connectivity index (χ4v) is 1.97. The number of methoxy groups -OCH3 is 1. The molecule has 0 aliphatic heterocycles. The van der Waals surface area contributed by atoms with Gasteiger partial charge in [0, 0.05) is 0 Å². The van der Waals surface area contributed by atoms with E-state index in [0.717, 1.165) is 6.29 Å². The van der Waals surface area contributed by atoms with Gasteiger partial charge in [0.05, 0.1) is 12.7 Å². The summed E-state index contributed by atoms with van der Waals surface area (Å²) in [5, 5.41) is 0. The van der Waals surface area contributed by atoms with Crippen molar-refractivity contribution >= 4 is 6.29 Å². The Morgan fingerprint density at radius 1 is 1.29 bits per heavy atom. The van der Waals surface area contributed by atoms with Crippen molar-refractivity contribution in [2.24, 2.45) is 5.92 Å². The molecule has 94 valence electrons. The Balaban J connectivity index is 3.41. The van der Waals surface area contributed by atoms with Crippen LogP contribution < -0.4 is 4.74 Å². The van der Waals surface area contributed by atoms with Crippen molar-refractivity contribution in [1.29, 1.82) is 0 Å². The normalized spacial score (nSPS) is 11.7.